The van der Waals surface area contributed by atoms with Gasteiger partial charge in [-0.15, -0.1) is 5.10 Å². The van der Waals surface area contributed by atoms with Crippen molar-refractivity contribution in [3.63, 3.8) is 0 Å². The van der Waals surface area contributed by atoms with Gasteiger partial charge in [0.05, 0.1) is 18.4 Å². The van der Waals surface area contributed by atoms with Crippen LogP contribution in [0.3, 0.4) is 0 Å². The van der Waals surface area contributed by atoms with Crippen LogP contribution >= 0.6 is 15.9 Å². The highest BCUT2D eigenvalue weighted by Gasteiger charge is 2.13. The van der Waals surface area contributed by atoms with Gasteiger partial charge >= 0.3 is 0 Å². The van der Waals surface area contributed by atoms with Crippen molar-refractivity contribution >= 4 is 27.5 Å². The van der Waals surface area contributed by atoms with E-state index in [4.69, 9.17) is 4.74 Å². The zero-order valence-electron chi connectivity index (χ0n) is 13.0. The monoisotopic (exact) mass is 387 g/mol. The van der Waals surface area contributed by atoms with Crippen molar-refractivity contribution in [1.29, 1.82) is 0 Å². The number of nitrogens with zero attached hydrogens (tertiary/aromatic N) is 4. The summed E-state index contributed by atoms with van der Waals surface area (Å²) in [6, 6.07) is 10.8. The topological polar surface area (TPSA) is 81.9 Å². The summed E-state index contributed by atoms with van der Waals surface area (Å²) >= 11 is 3.39. The fraction of sp³-hybridized carbons (Fsp3) is 0.125. The number of aromatic nitrogens is 4. The normalized spacial score (nSPS) is 10.5. The Bertz CT molecular complexity index is 880. The second kappa shape index (κ2) is 6.79. The molecule has 0 saturated heterocycles. The van der Waals surface area contributed by atoms with Crippen molar-refractivity contribution in [3.8, 4) is 11.4 Å². The highest BCUT2D eigenvalue weighted by molar-refractivity contribution is 9.10. The van der Waals surface area contributed by atoms with Crippen LogP contribution in [0.1, 0.15) is 15.9 Å². The molecule has 8 heteroatoms. The largest absolute Gasteiger partial charge is 0.497 e. The number of aryl methyl sites for hydroxylation is 1. The minimum atomic E-state index is -0.238. The molecule has 0 spiro atoms. The van der Waals surface area contributed by atoms with E-state index in [1.54, 1.807) is 25.3 Å². The van der Waals surface area contributed by atoms with Crippen LogP contribution in [0.4, 0.5) is 5.69 Å². The third-order valence-electron chi connectivity index (χ3n) is 3.50. The van der Waals surface area contributed by atoms with Gasteiger partial charge in [-0.2, -0.15) is 0 Å². The fourth-order valence-corrected chi connectivity index (χ4v) is 2.59. The van der Waals surface area contributed by atoms with Crippen LogP contribution in [0.15, 0.2) is 47.2 Å². The molecule has 0 aliphatic rings. The fourth-order valence-electron chi connectivity index (χ4n) is 2.16. The molecule has 1 heterocycles. The second-order valence-electron chi connectivity index (χ2n) is 5.05. The number of amides is 1. The Balaban J connectivity index is 1.91. The number of hydrogen-bond donors (Lipinski definition) is 1. The number of halogens is 1. The average Bonchev–Trinajstić information content (AvgIpc) is 3.11. The van der Waals surface area contributed by atoms with Crippen molar-refractivity contribution < 1.29 is 9.53 Å². The minimum Gasteiger partial charge on any atom is -0.497 e. The molecule has 0 aliphatic heterocycles. The van der Waals surface area contributed by atoms with E-state index in [1.807, 2.05) is 25.1 Å². The van der Waals surface area contributed by atoms with Crippen molar-refractivity contribution in [2.45, 2.75) is 6.92 Å². The summed E-state index contributed by atoms with van der Waals surface area (Å²) in [5.41, 5.74) is 2.86. The number of ether oxygens (including phenoxy) is 1. The molecule has 24 heavy (non-hydrogen) atoms. The van der Waals surface area contributed by atoms with Crippen molar-refractivity contribution in [1.82, 2.24) is 20.2 Å². The van der Waals surface area contributed by atoms with Crippen molar-refractivity contribution in [2.75, 3.05) is 12.4 Å². The highest BCUT2D eigenvalue weighted by atomic mass is 79.9. The number of anilines is 1. The van der Waals surface area contributed by atoms with Crippen LogP contribution in [0.5, 0.6) is 5.75 Å². The van der Waals surface area contributed by atoms with E-state index in [-0.39, 0.29) is 5.91 Å². The summed E-state index contributed by atoms with van der Waals surface area (Å²) in [4.78, 5) is 12.6. The van der Waals surface area contributed by atoms with Gasteiger partial charge in [-0.1, -0.05) is 6.07 Å². The Morgan fingerprint density at radius 1 is 1.25 bits per heavy atom. The number of carbonyl (C=O) groups is 1. The lowest BCUT2D eigenvalue weighted by molar-refractivity contribution is 0.102. The highest BCUT2D eigenvalue weighted by Crippen LogP contribution is 2.25. The summed E-state index contributed by atoms with van der Waals surface area (Å²) in [6.07, 6.45) is 1.49. The Kier molecular flexibility index (Phi) is 4.57. The summed E-state index contributed by atoms with van der Waals surface area (Å²) < 4.78 is 7.39. The van der Waals surface area contributed by atoms with Crippen LogP contribution in [-0.2, 0) is 0 Å². The summed E-state index contributed by atoms with van der Waals surface area (Å²) in [7, 11) is 1.56. The Morgan fingerprint density at radius 2 is 2.08 bits per heavy atom. The zero-order chi connectivity index (χ0) is 17.1. The van der Waals surface area contributed by atoms with Crippen molar-refractivity contribution in [3.05, 3.63) is 58.3 Å². The molecule has 1 amide bonds. The van der Waals surface area contributed by atoms with E-state index < -0.39 is 0 Å². The zero-order valence-corrected chi connectivity index (χ0v) is 14.6. The summed E-state index contributed by atoms with van der Waals surface area (Å²) in [5.74, 6) is 0.375. The maximum Gasteiger partial charge on any atom is 0.256 e. The molecule has 122 valence electrons. The van der Waals surface area contributed by atoms with Crippen LogP contribution in [-0.4, -0.2) is 33.2 Å². The van der Waals surface area contributed by atoms with Gasteiger partial charge in [-0.25, -0.2) is 4.68 Å². The molecule has 0 saturated carbocycles. The molecule has 1 N–H and O–H groups in total. The predicted octanol–water partition coefficient (Wildman–Crippen LogP) is 2.99. The van der Waals surface area contributed by atoms with E-state index in [2.05, 4.69) is 36.8 Å². The second-order valence-corrected chi connectivity index (χ2v) is 5.91. The Labute approximate surface area is 146 Å². The van der Waals surface area contributed by atoms with Crippen LogP contribution in [0.2, 0.25) is 0 Å². The maximum atomic E-state index is 12.6. The molecule has 7 nitrogen and oxygen atoms in total. The van der Waals surface area contributed by atoms with Gasteiger partial charge in [0.1, 0.15) is 12.1 Å². The van der Waals surface area contributed by atoms with Gasteiger partial charge in [-0.3, -0.25) is 4.79 Å². The maximum absolute atomic E-state index is 12.6. The average molecular weight is 388 g/mol. The first-order valence-electron chi connectivity index (χ1n) is 7.07. The van der Waals surface area contributed by atoms with E-state index in [0.29, 0.717) is 21.5 Å². The van der Waals surface area contributed by atoms with E-state index >= 15 is 0 Å². The number of hydrogen-bond acceptors (Lipinski definition) is 5. The van der Waals surface area contributed by atoms with Crippen molar-refractivity contribution in [2.24, 2.45) is 0 Å². The molecule has 0 unspecified atom stereocenters. The first kappa shape index (κ1) is 16.1. The number of methoxy groups -OCH3 is 1. The SMILES string of the molecule is COc1ccc(Br)c(C(=O)Nc2cc(-n3cnnn3)ccc2C)c1. The van der Waals surface area contributed by atoms with Gasteiger partial charge in [0, 0.05) is 10.2 Å². The minimum absolute atomic E-state index is 0.238. The molecule has 3 rings (SSSR count). The predicted molar refractivity (Wildman–Crippen MR) is 92.5 cm³/mol. The van der Waals surface area contributed by atoms with Crippen LogP contribution < -0.4 is 10.1 Å². The van der Waals surface area contributed by atoms with Gasteiger partial charge in [0.2, 0.25) is 0 Å². The lowest BCUT2D eigenvalue weighted by Gasteiger charge is -2.12. The van der Waals surface area contributed by atoms with E-state index in [9.17, 15) is 4.79 Å². The molecular weight excluding hydrogens is 374 g/mol. The number of rotatable bonds is 4. The molecule has 0 atom stereocenters. The number of benzene rings is 2. The molecule has 0 fully saturated rings. The molecule has 1 aromatic heterocycles. The molecule has 0 aliphatic carbocycles. The number of tetrazole rings is 1. The van der Waals surface area contributed by atoms with Gasteiger partial charge in [-0.05, 0) is 69.2 Å². The Morgan fingerprint density at radius 3 is 2.79 bits per heavy atom. The first-order chi connectivity index (χ1) is 11.6. The number of carbonyl (C=O) groups excluding carboxylic acids is 1. The van der Waals surface area contributed by atoms with Gasteiger partial charge < -0.3 is 10.1 Å². The molecule has 3 aromatic rings. The van der Waals surface area contributed by atoms with E-state index in [0.717, 1.165) is 11.3 Å². The summed E-state index contributed by atoms with van der Waals surface area (Å²) in [5, 5.41) is 14.0. The quantitative estimate of drug-likeness (QED) is 0.743. The van der Waals surface area contributed by atoms with Gasteiger partial charge in [0.15, 0.2) is 0 Å². The standard InChI is InChI=1S/C16H14BrN5O2/c1-10-3-4-11(22-9-18-20-21-22)7-15(10)19-16(23)13-8-12(24-2)5-6-14(13)17/h3-9H,1-2H3,(H,19,23). The third-order valence-corrected chi connectivity index (χ3v) is 4.19. The lowest BCUT2D eigenvalue weighted by Crippen LogP contribution is -2.14. The van der Waals surface area contributed by atoms with Gasteiger partial charge in [0.25, 0.3) is 5.91 Å². The summed E-state index contributed by atoms with van der Waals surface area (Å²) in [6.45, 7) is 1.92. The van der Waals surface area contributed by atoms with Crippen LogP contribution in [0.25, 0.3) is 5.69 Å². The number of nitrogens with one attached hydrogen (secondary N) is 1. The van der Waals surface area contributed by atoms with Crippen LogP contribution in [0, 0.1) is 6.92 Å². The smallest absolute Gasteiger partial charge is 0.256 e. The molecule has 0 radical (unpaired) electrons. The molecule has 0 bridgehead atoms. The third kappa shape index (κ3) is 3.28. The first-order valence-corrected chi connectivity index (χ1v) is 7.86. The molecule has 2 aromatic carbocycles. The van der Waals surface area contributed by atoms with E-state index in [1.165, 1.54) is 11.0 Å². The lowest BCUT2D eigenvalue weighted by atomic mass is 10.1. The molecular formula is C16H14BrN5O2. The Hall–Kier alpha value is -2.74.